The molecule has 0 aliphatic rings. The Morgan fingerprint density at radius 2 is 1.57 bits per heavy atom. The van der Waals surface area contributed by atoms with Gasteiger partial charge in [-0.2, -0.15) is 0 Å². The van der Waals surface area contributed by atoms with Crippen molar-refractivity contribution in [3.8, 4) is 0 Å². The van der Waals surface area contributed by atoms with Crippen molar-refractivity contribution < 1.29 is 18.7 Å². The van der Waals surface area contributed by atoms with Gasteiger partial charge in [0.05, 0.1) is 13.0 Å². The van der Waals surface area contributed by atoms with Gasteiger partial charge >= 0.3 is 0 Å². The van der Waals surface area contributed by atoms with Crippen molar-refractivity contribution in [1.29, 1.82) is 0 Å². The maximum atomic E-state index is 13.0. The van der Waals surface area contributed by atoms with E-state index in [1.807, 2.05) is 12.1 Å². The molecule has 110 valence electrons. The van der Waals surface area contributed by atoms with E-state index in [9.17, 15) is 13.6 Å². The van der Waals surface area contributed by atoms with Crippen LogP contribution >= 0.6 is 0 Å². The Labute approximate surface area is 121 Å². The lowest BCUT2D eigenvalue weighted by Gasteiger charge is -2.06. The number of hydrogen-bond donors (Lipinski definition) is 2. The molecule has 5 heteroatoms. The minimum Gasteiger partial charge on any atom is -0.392 e. The van der Waals surface area contributed by atoms with Gasteiger partial charge in [-0.25, -0.2) is 8.78 Å². The van der Waals surface area contributed by atoms with E-state index in [2.05, 4.69) is 5.32 Å². The number of aliphatic hydroxyl groups is 1. The first-order valence-electron chi connectivity index (χ1n) is 6.48. The zero-order valence-electron chi connectivity index (χ0n) is 11.3. The van der Waals surface area contributed by atoms with Gasteiger partial charge in [0, 0.05) is 6.54 Å². The van der Waals surface area contributed by atoms with Crippen molar-refractivity contribution in [3.63, 3.8) is 0 Å². The molecular weight excluding hydrogens is 276 g/mol. The molecule has 0 saturated carbocycles. The van der Waals surface area contributed by atoms with Gasteiger partial charge in [-0.05, 0) is 28.8 Å². The average Bonchev–Trinajstić information content (AvgIpc) is 2.49. The fraction of sp³-hybridized carbons (Fsp3) is 0.188. The number of halogens is 2. The maximum absolute atomic E-state index is 13.0. The number of nitrogens with one attached hydrogen (secondary N) is 1. The van der Waals surface area contributed by atoms with Crippen LogP contribution in [0.15, 0.2) is 42.5 Å². The number of amides is 1. The second-order valence-electron chi connectivity index (χ2n) is 4.68. The van der Waals surface area contributed by atoms with Crippen LogP contribution in [-0.4, -0.2) is 11.0 Å². The summed E-state index contributed by atoms with van der Waals surface area (Å²) in [6, 6.07) is 10.6. The summed E-state index contributed by atoms with van der Waals surface area (Å²) in [6.07, 6.45) is -0.00801. The molecule has 1 amide bonds. The van der Waals surface area contributed by atoms with Gasteiger partial charge in [0.15, 0.2) is 11.6 Å². The summed E-state index contributed by atoms with van der Waals surface area (Å²) in [5.41, 5.74) is 2.11. The van der Waals surface area contributed by atoms with Crippen LogP contribution in [0.1, 0.15) is 16.7 Å². The molecule has 0 aliphatic heterocycles. The van der Waals surface area contributed by atoms with Gasteiger partial charge < -0.3 is 10.4 Å². The fourth-order valence-corrected chi connectivity index (χ4v) is 1.86. The number of hydrogen-bond acceptors (Lipinski definition) is 2. The highest BCUT2D eigenvalue weighted by molar-refractivity contribution is 5.78. The predicted molar refractivity (Wildman–Crippen MR) is 74.3 cm³/mol. The predicted octanol–water partition coefficient (Wildman–Crippen LogP) is 2.32. The van der Waals surface area contributed by atoms with Gasteiger partial charge in [0.25, 0.3) is 0 Å². The van der Waals surface area contributed by atoms with Crippen molar-refractivity contribution in [1.82, 2.24) is 5.32 Å². The van der Waals surface area contributed by atoms with Gasteiger partial charge in [-0.15, -0.1) is 0 Å². The molecule has 0 radical (unpaired) electrons. The Kier molecular flexibility index (Phi) is 5.00. The lowest BCUT2D eigenvalue weighted by molar-refractivity contribution is -0.120. The topological polar surface area (TPSA) is 49.3 Å². The molecule has 2 rings (SSSR count). The molecule has 3 nitrogen and oxygen atoms in total. The van der Waals surface area contributed by atoms with E-state index in [4.69, 9.17) is 5.11 Å². The van der Waals surface area contributed by atoms with E-state index in [1.165, 1.54) is 6.07 Å². The van der Waals surface area contributed by atoms with Crippen molar-refractivity contribution in [2.45, 2.75) is 19.6 Å². The van der Waals surface area contributed by atoms with E-state index < -0.39 is 11.6 Å². The minimum absolute atomic E-state index is 0.00801. The largest absolute Gasteiger partial charge is 0.392 e. The molecule has 0 spiro atoms. The quantitative estimate of drug-likeness (QED) is 0.888. The third-order valence-electron chi connectivity index (χ3n) is 3.04. The summed E-state index contributed by atoms with van der Waals surface area (Å²) in [4.78, 5) is 11.7. The molecule has 0 aliphatic carbocycles. The Balaban J connectivity index is 1.87. The van der Waals surface area contributed by atoms with Crippen LogP contribution in [0, 0.1) is 11.6 Å². The lowest BCUT2D eigenvalue weighted by atomic mass is 10.1. The summed E-state index contributed by atoms with van der Waals surface area (Å²) >= 11 is 0. The van der Waals surface area contributed by atoms with Crippen molar-refractivity contribution in [3.05, 3.63) is 70.8 Å². The summed E-state index contributed by atoms with van der Waals surface area (Å²) in [6.45, 7) is 0.316. The van der Waals surface area contributed by atoms with E-state index >= 15 is 0 Å². The van der Waals surface area contributed by atoms with Crippen LogP contribution in [0.4, 0.5) is 8.78 Å². The third kappa shape index (κ3) is 4.36. The Morgan fingerprint density at radius 3 is 2.19 bits per heavy atom. The second kappa shape index (κ2) is 6.95. The third-order valence-corrected chi connectivity index (χ3v) is 3.04. The number of benzene rings is 2. The normalized spacial score (nSPS) is 10.4. The molecule has 21 heavy (non-hydrogen) atoms. The highest BCUT2D eigenvalue weighted by Gasteiger charge is 2.07. The molecule has 2 aromatic rings. The standard InChI is InChI=1S/C16H15F2NO2/c17-14-6-5-13(7-15(14)18)8-16(21)19-9-11-1-3-12(10-20)4-2-11/h1-7,20H,8-10H2,(H,19,21). The summed E-state index contributed by atoms with van der Waals surface area (Å²) in [7, 11) is 0. The number of carbonyl (C=O) groups excluding carboxylic acids is 1. The minimum atomic E-state index is -0.958. The molecule has 0 heterocycles. The smallest absolute Gasteiger partial charge is 0.224 e. The Bertz CT molecular complexity index is 627. The van der Waals surface area contributed by atoms with E-state index in [0.717, 1.165) is 23.3 Å². The molecule has 2 N–H and O–H groups in total. The average molecular weight is 291 g/mol. The van der Waals surface area contributed by atoms with Crippen LogP contribution in [0.25, 0.3) is 0 Å². The molecule has 0 atom stereocenters. The van der Waals surface area contributed by atoms with Gasteiger partial charge in [0.2, 0.25) is 5.91 Å². The van der Waals surface area contributed by atoms with Crippen molar-refractivity contribution in [2.24, 2.45) is 0 Å². The van der Waals surface area contributed by atoms with Crippen LogP contribution in [-0.2, 0) is 24.4 Å². The molecule has 0 aromatic heterocycles. The van der Waals surface area contributed by atoms with Crippen LogP contribution < -0.4 is 5.32 Å². The Hall–Kier alpha value is -2.27. The van der Waals surface area contributed by atoms with E-state index in [1.54, 1.807) is 12.1 Å². The monoisotopic (exact) mass is 291 g/mol. The second-order valence-corrected chi connectivity index (χ2v) is 4.68. The van der Waals surface area contributed by atoms with Crippen molar-refractivity contribution >= 4 is 5.91 Å². The van der Waals surface area contributed by atoms with Crippen molar-refractivity contribution in [2.75, 3.05) is 0 Å². The first-order chi connectivity index (χ1) is 10.1. The van der Waals surface area contributed by atoms with Gasteiger partial charge in [-0.1, -0.05) is 30.3 Å². The van der Waals surface area contributed by atoms with E-state index in [0.29, 0.717) is 12.1 Å². The summed E-state index contributed by atoms with van der Waals surface area (Å²) in [5, 5.41) is 11.6. The van der Waals surface area contributed by atoms with Gasteiger partial charge in [-0.3, -0.25) is 4.79 Å². The molecule has 0 saturated heterocycles. The Morgan fingerprint density at radius 1 is 0.952 bits per heavy atom. The SMILES string of the molecule is O=C(Cc1ccc(F)c(F)c1)NCc1ccc(CO)cc1. The molecule has 0 fully saturated rings. The number of aliphatic hydroxyl groups excluding tert-OH is 1. The van der Waals surface area contributed by atoms with Gasteiger partial charge in [0.1, 0.15) is 0 Å². The summed E-state index contributed by atoms with van der Waals surface area (Å²) < 4.78 is 25.8. The highest BCUT2D eigenvalue weighted by Crippen LogP contribution is 2.09. The lowest BCUT2D eigenvalue weighted by Crippen LogP contribution is -2.24. The highest BCUT2D eigenvalue weighted by atomic mass is 19.2. The van der Waals surface area contributed by atoms with Crippen LogP contribution in [0.5, 0.6) is 0 Å². The number of carbonyl (C=O) groups is 1. The van der Waals surface area contributed by atoms with Crippen LogP contribution in [0.2, 0.25) is 0 Å². The van der Waals surface area contributed by atoms with Crippen LogP contribution in [0.3, 0.4) is 0 Å². The first-order valence-corrected chi connectivity index (χ1v) is 6.48. The molecule has 0 bridgehead atoms. The molecule has 2 aromatic carbocycles. The molecular formula is C16H15F2NO2. The molecule has 0 unspecified atom stereocenters. The fourth-order valence-electron chi connectivity index (χ4n) is 1.86. The number of rotatable bonds is 5. The van der Waals surface area contributed by atoms with E-state index in [-0.39, 0.29) is 18.9 Å². The maximum Gasteiger partial charge on any atom is 0.224 e. The first kappa shape index (κ1) is 15.1. The zero-order chi connectivity index (χ0) is 15.2. The summed E-state index contributed by atoms with van der Waals surface area (Å²) in [5.74, 6) is -2.16. The zero-order valence-corrected chi connectivity index (χ0v) is 11.3.